The first kappa shape index (κ1) is 10.2. The van der Waals surface area contributed by atoms with E-state index in [1.54, 1.807) is 12.3 Å². The molecule has 0 aliphatic rings. The summed E-state index contributed by atoms with van der Waals surface area (Å²) in [5.41, 5.74) is 1.06. The molecule has 0 N–H and O–H groups in total. The maximum Gasteiger partial charge on any atom is 0.135 e. The van der Waals surface area contributed by atoms with Crippen LogP contribution in [0, 0.1) is 3.57 Å². The summed E-state index contributed by atoms with van der Waals surface area (Å²) < 4.78 is 1.16. The highest BCUT2D eigenvalue weighted by Crippen LogP contribution is 2.08. The van der Waals surface area contributed by atoms with Crippen molar-refractivity contribution in [2.75, 3.05) is 6.61 Å². The molecule has 1 aromatic rings. The van der Waals surface area contributed by atoms with E-state index in [2.05, 4.69) is 34.3 Å². The van der Waals surface area contributed by atoms with Crippen LogP contribution in [0.25, 0.3) is 0 Å². The number of oxime groups is 1. The van der Waals surface area contributed by atoms with Crippen molar-refractivity contribution in [2.45, 2.75) is 0 Å². The lowest BCUT2D eigenvalue weighted by Crippen LogP contribution is -1.87. The highest BCUT2D eigenvalue weighted by molar-refractivity contribution is 14.1. The Morgan fingerprint density at radius 1 is 1.46 bits per heavy atom. The summed E-state index contributed by atoms with van der Waals surface area (Å²) in [5, 5.41) is 3.79. The zero-order valence-electron chi connectivity index (χ0n) is 7.11. The SMILES string of the molecule is C=CCO/N=C/c1ccccc1I. The van der Waals surface area contributed by atoms with E-state index in [0.717, 1.165) is 9.13 Å². The fraction of sp³-hybridized carbons (Fsp3) is 0.100. The smallest absolute Gasteiger partial charge is 0.135 e. The molecule has 0 aromatic heterocycles. The van der Waals surface area contributed by atoms with Crippen LogP contribution >= 0.6 is 22.6 Å². The lowest BCUT2D eigenvalue weighted by molar-refractivity contribution is 0.176. The summed E-state index contributed by atoms with van der Waals surface area (Å²) in [5.74, 6) is 0. The van der Waals surface area contributed by atoms with Crippen LogP contribution in [0.4, 0.5) is 0 Å². The average Bonchev–Trinajstić information content (AvgIpc) is 2.15. The number of hydrogen-bond acceptors (Lipinski definition) is 2. The maximum atomic E-state index is 4.89. The van der Waals surface area contributed by atoms with Gasteiger partial charge in [0.1, 0.15) is 6.61 Å². The van der Waals surface area contributed by atoms with Gasteiger partial charge in [0.15, 0.2) is 0 Å². The summed E-state index contributed by atoms with van der Waals surface area (Å²) in [4.78, 5) is 4.89. The first-order valence-electron chi connectivity index (χ1n) is 3.85. The zero-order valence-corrected chi connectivity index (χ0v) is 9.27. The normalized spacial score (nSPS) is 10.2. The first-order valence-corrected chi connectivity index (χ1v) is 4.93. The Bertz CT molecular complexity index is 310. The molecule has 0 aliphatic carbocycles. The lowest BCUT2D eigenvalue weighted by atomic mass is 10.2. The van der Waals surface area contributed by atoms with Crippen molar-refractivity contribution in [2.24, 2.45) is 5.16 Å². The van der Waals surface area contributed by atoms with Crippen LogP contribution in [0.15, 0.2) is 42.1 Å². The van der Waals surface area contributed by atoms with E-state index in [9.17, 15) is 0 Å². The van der Waals surface area contributed by atoms with Crippen LogP contribution in [-0.2, 0) is 4.84 Å². The molecule has 1 aromatic carbocycles. The molecule has 0 spiro atoms. The van der Waals surface area contributed by atoms with E-state index in [1.807, 2.05) is 24.3 Å². The molecular formula is C10H10INO. The fourth-order valence-corrected chi connectivity index (χ4v) is 1.30. The van der Waals surface area contributed by atoms with Crippen LogP contribution in [-0.4, -0.2) is 12.8 Å². The van der Waals surface area contributed by atoms with Crippen LogP contribution in [0.5, 0.6) is 0 Å². The lowest BCUT2D eigenvalue weighted by Gasteiger charge is -1.96. The average molecular weight is 287 g/mol. The van der Waals surface area contributed by atoms with E-state index in [4.69, 9.17) is 4.84 Å². The molecular weight excluding hydrogens is 277 g/mol. The van der Waals surface area contributed by atoms with Crippen LogP contribution < -0.4 is 0 Å². The molecule has 0 unspecified atom stereocenters. The molecule has 68 valence electrons. The zero-order chi connectivity index (χ0) is 9.52. The Morgan fingerprint density at radius 3 is 2.92 bits per heavy atom. The highest BCUT2D eigenvalue weighted by atomic mass is 127. The van der Waals surface area contributed by atoms with Crippen molar-refractivity contribution in [3.63, 3.8) is 0 Å². The molecule has 0 heterocycles. The topological polar surface area (TPSA) is 21.6 Å². The van der Waals surface area contributed by atoms with Gasteiger partial charge in [-0.3, -0.25) is 0 Å². The van der Waals surface area contributed by atoms with Crippen LogP contribution in [0.1, 0.15) is 5.56 Å². The van der Waals surface area contributed by atoms with E-state index in [1.165, 1.54) is 0 Å². The third-order valence-electron chi connectivity index (χ3n) is 1.36. The monoisotopic (exact) mass is 287 g/mol. The molecule has 3 heteroatoms. The van der Waals surface area contributed by atoms with E-state index >= 15 is 0 Å². The van der Waals surface area contributed by atoms with Gasteiger partial charge in [0, 0.05) is 9.13 Å². The second kappa shape index (κ2) is 5.75. The Kier molecular flexibility index (Phi) is 4.53. The summed E-state index contributed by atoms with van der Waals surface area (Å²) >= 11 is 2.25. The predicted octanol–water partition coefficient (Wildman–Crippen LogP) is 2.83. The van der Waals surface area contributed by atoms with Crippen molar-refractivity contribution in [1.82, 2.24) is 0 Å². The number of hydrogen-bond donors (Lipinski definition) is 0. The third kappa shape index (κ3) is 3.59. The molecule has 0 radical (unpaired) electrons. The standard InChI is InChI=1S/C10H10INO/c1-2-7-13-12-8-9-5-3-4-6-10(9)11/h2-6,8H,1,7H2/b12-8+. The fourth-order valence-electron chi connectivity index (χ4n) is 0.770. The molecule has 0 atom stereocenters. The molecule has 13 heavy (non-hydrogen) atoms. The van der Waals surface area contributed by atoms with E-state index in [0.29, 0.717) is 6.61 Å². The molecule has 0 bridgehead atoms. The minimum absolute atomic E-state index is 0.444. The van der Waals surface area contributed by atoms with Crippen molar-refractivity contribution in [3.05, 3.63) is 46.1 Å². The summed E-state index contributed by atoms with van der Waals surface area (Å²) in [6.45, 7) is 3.97. The van der Waals surface area contributed by atoms with E-state index < -0.39 is 0 Å². The van der Waals surface area contributed by atoms with Gasteiger partial charge >= 0.3 is 0 Å². The minimum atomic E-state index is 0.444. The van der Waals surface area contributed by atoms with Gasteiger partial charge < -0.3 is 4.84 Å². The van der Waals surface area contributed by atoms with E-state index in [-0.39, 0.29) is 0 Å². The Hall–Kier alpha value is -0.840. The van der Waals surface area contributed by atoms with Gasteiger partial charge in [-0.15, -0.1) is 0 Å². The van der Waals surface area contributed by atoms with Gasteiger partial charge in [0.2, 0.25) is 0 Å². The van der Waals surface area contributed by atoms with Crippen molar-refractivity contribution < 1.29 is 4.84 Å². The summed E-state index contributed by atoms with van der Waals surface area (Å²) in [6.07, 6.45) is 3.36. The Balaban J connectivity index is 2.58. The van der Waals surface area contributed by atoms with Crippen molar-refractivity contribution in [3.8, 4) is 0 Å². The number of benzene rings is 1. The molecule has 2 nitrogen and oxygen atoms in total. The highest BCUT2D eigenvalue weighted by Gasteiger charge is 1.92. The first-order chi connectivity index (χ1) is 6.34. The van der Waals surface area contributed by atoms with Gasteiger partial charge in [0.25, 0.3) is 0 Å². The van der Waals surface area contributed by atoms with Gasteiger partial charge in [-0.05, 0) is 28.7 Å². The largest absolute Gasteiger partial charge is 0.392 e. The van der Waals surface area contributed by atoms with Gasteiger partial charge in [0.05, 0.1) is 6.21 Å². The number of rotatable bonds is 4. The Morgan fingerprint density at radius 2 is 2.23 bits per heavy atom. The van der Waals surface area contributed by atoms with Crippen molar-refractivity contribution >= 4 is 28.8 Å². The number of halogens is 1. The summed E-state index contributed by atoms with van der Waals surface area (Å²) in [7, 11) is 0. The van der Waals surface area contributed by atoms with Crippen molar-refractivity contribution in [1.29, 1.82) is 0 Å². The molecule has 0 amide bonds. The molecule has 1 rings (SSSR count). The summed E-state index contributed by atoms with van der Waals surface area (Å²) in [6, 6.07) is 7.97. The van der Waals surface area contributed by atoms with Crippen LogP contribution in [0.3, 0.4) is 0 Å². The maximum absolute atomic E-state index is 4.89. The minimum Gasteiger partial charge on any atom is -0.392 e. The quantitative estimate of drug-likeness (QED) is 0.274. The van der Waals surface area contributed by atoms with Gasteiger partial charge in [-0.2, -0.15) is 0 Å². The predicted molar refractivity (Wildman–Crippen MR) is 62.9 cm³/mol. The molecule has 0 aliphatic heterocycles. The number of nitrogens with zero attached hydrogens (tertiary/aromatic N) is 1. The second-order valence-corrected chi connectivity index (χ2v) is 3.50. The van der Waals surface area contributed by atoms with Gasteiger partial charge in [-0.25, -0.2) is 0 Å². The third-order valence-corrected chi connectivity index (χ3v) is 2.35. The van der Waals surface area contributed by atoms with Crippen LogP contribution in [0.2, 0.25) is 0 Å². The molecule has 0 saturated carbocycles. The Labute approximate surface area is 91.4 Å². The van der Waals surface area contributed by atoms with Gasteiger partial charge in [-0.1, -0.05) is 36.0 Å². The molecule has 0 saturated heterocycles. The second-order valence-electron chi connectivity index (χ2n) is 2.34. The molecule has 0 fully saturated rings.